The summed E-state index contributed by atoms with van der Waals surface area (Å²) in [6.45, 7) is 7.91. The number of esters is 1. The topological polar surface area (TPSA) is 63.6 Å². The van der Waals surface area contributed by atoms with E-state index >= 15 is 0 Å². The van der Waals surface area contributed by atoms with E-state index in [-0.39, 0.29) is 23.2 Å². The number of benzene rings is 2. The fraction of sp³-hybridized carbons (Fsp3) is 0.400. The Hall–Kier alpha value is -2.40. The molecule has 1 saturated carbocycles. The summed E-state index contributed by atoms with van der Waals surface area (Å²) in [6.07, 6.45) is 1.55. The minimum Gasteiger partial charge on any atom is -0.511 e. The predicted octanol–water partition coefficient (Wildman–Crippen LogP) is 5.09. The van der Waals surface area contributed by atoms with Crippen molar-refractivity contribution < 1.29 is 18.8 Å². The molecule has 1 aliphatic carbocycles. The van der Waals surface area contributed by atoms with Crippen molar-refractivity contribution in [2.24, 2.45) is 5.41 Å². The van der Waals surface area contributed by atoms with Gasteiger partial charge in [0.25, 0.3) is 0 Å². The van der Waals surface area contributed by atoms with Gasteiger partial charge in [0.2, 0.25) is 0 Å². The van der Waals surface area contributed by atoms with Crippen LogP contribution in [-0.2, 0) is 20.3 Å². The summed E-state index contributed by atoms with van der Waals surface area (Å²) < 4.78 is 18.8. The van der Waals surface area contributed by atoms with E-state index in [0.717, 1.165) is 45.6 Å². The number of carbonyl (C=O) groups excluding carboxylic acids is 1. The Labute approximate surface area is 180 Å². The Kier molecular flexibility index (Phi) is 5.35. The van der Waals surface area contributed by atoms with Gasteiger partial charge in [0.15, 0.2) is 0 Å². The van der Waals surface area contributed by atoms with Gasteiger partial charge in [-0.05, 0) is 69.4 Å². The molecule has 2 aromatic rings. The summed E-state index contributed by atoms with van der Waals surface area (Å²) in [6, 6.07) is 11.7. The molecule has 1 aliphatic heterocycles. The van der Waals surface area contributed by atoms with Crippen LogP contribution in [0.5, 0.6) is 0 Å². The molecule has 0 amide bonds. The maximum atomic E-state index is 13.0. The molecule has 30 heavy (non-hydrogen) atoms. The molecule has 2 aliphatic rings. The van der Waals surface area contributed by atoms with E-state index < -0.39 is 22.9 Å². The van der Waals surface area contributed by atoms with Crippen molar-refractivity contribution >= 4 is 22.3 Å². The van der Waals surface area contributed by atoms with Crippen LogP contribution in [0.3, 0.4) is 0 Å². The molecular formula is C25H28O4S. The maximum Gasteiger partial charge on any atom is 0.342 e. The van der Waals surface area contributed by atoms with Gasteiger partial charge in [-0.1, -0.05) is 35.4 Å². The molecule has 1 fully saturated rings. The first kappa shape index (κ1) is 20.9. The Morgan fingerprint density at radius 2 is 1.63 bits per heavy atom. The Balaban J connectivity index is 1.58. The second-order valence-electron chi connectivity index (χ2n) is 8.86. The van der Waals surface area contributed by atoms with Crippen molar-refractivity contribution in [2.75, 3.05) is 5.75 Å². The van der Waals surface area contributed by atoms with Crippen molar-refractivity contribution in [2.45, 2.75) is 58.0 Å². The van der Waals surface area contributed by atoms with Gasteiger partial charge >= 0.3 is 5.97 Å². The largest absolute Gasteiger partial charge is 0.511 e. The lowest BCUT2D eigenvalue weighted by atomic mass is 9.88. The van der Waals surface area contributed by atoms with Crippen LogP contribution in [0.2, 0.25) is 0 Å². The molecule has 4 nitrogen and oxygen atoms in total. The van der Waals surface area contributed by atoms with Crippen LogP contribution in [-0.4, -0.2) is 27.1 Å². The first-order valence-corrected chi connectivity index (χ1v) is 11.7. The van der Waals surface area contributed by atoms with Crippen molar-refractivity contribution in [3.05, 3.63) is 70.0 Å². The number of hydrogen-bond donors (Lipinski definition) is 1. The van der Waals surface area contributed by atoms with Crippen molar-refractivity contribution in [1.82, 2.24) is 0 Å². The van der Waals surface area contributed by atoms with E-state index in [1.807, 2.05) is 64.1 Å². The quantitative estimate of drug-likeness (QED) is 0.679. The van der Waals surface area contributed by atoms with E-state index in [4.69, 9.17) is 4.74 Å². The van der Waals surface area contributed by atoms with Crippen LogP contribution in [0, 0.1) is 33.1 Å². The average Bonchev–Trinajstić information content (AvgIpc) is 3.44. The smallest absolute Gasteiger partial charge is 0.342 e. The number of hydrogen-bond acceptors (Lipinski definition) is 4. The molecule has 158 valence electrons. The number of cyclic esters (lactones) is 1. The van der Waals surface area contributed by atoms with Crippen molar-refractivity contribution in [3.63, 3.8) is 0 Å². The molecule has 5 heteroatoms. The second-order valence-corrected chi connectivity index (χ2v) is 10.3. The van der Waals surface area contributed by atoms with Gasteiger partial charge in [-0.25, -0.2) is 4.79 Å². The molecule has 0 saturated heterocycles. The summed E-state index contributed by atoms with van der Waals surface area (Å²) in [4.78, 5) is 13.7. The molecule has 1 N–H and O–H groups in total. The lowest BCUT2D eigenvalue weighted by Crippen LogP contribution is -2.36. The summed E-state index contributed by atoms with van der Waals surface area (Å²) in [5.74, 6) is 0.0454. The average molecular weight is 425 g/mol. The van der Waals surface area contributed by atoms with Gasteiger partial charge in [0.1, 0.15) is 17.4 Å². The Morgan fingerprint density at radius 3 is 2.17 bits per heavy atom. The number of ether oxygens (including phenoxy) is 1. The van der Waals surface area contributed by atoms with Gasteiger partial charge in [-0.3, -0.25) is 4.21 Å². The van der Waals surface area contributed by atoms with Crippen LogP contribution < -0.4 is 0 Å². The van der Waals surface area contributed by atoms with E-state index in [1.54, 1.807) is 0 Å². The molecule has 0 aromatic heterocycles. The van der Waals surface area contributed by atoms with Crippen molar-refractivity contribution in [3.8, 4) is 0 Å². The molecule has 4 rings (SSSR count). The number of aryl methyl sites for hydroxylation is 4. The standard InChI is InChI=1S/C25H28O4S/c1-15-5-7-19(8-6-15)30(28)14-25(9-10-25)21-13-20(26)23(24(27)29-21)22-17(3)11-16(2)12-18(22)4/h5-8,11-12,21,26H,9-10,13-14H2,1-4H3. The predicted molar refractivity (Wildman–Crippen MR) is 119 cm³/mol. The molecule has 2 unspecified atom stereocenters. The minimum atomic E-state index is -1.17. The third-order valence-corrected chi connectivity index (χ3v) is 7.96. The monoisotopic (exact) mass is 424 g/mol. The fourth-order valence-corrected chi connectivity index (χ4v) is 6.14. The summed E-state index contributed by atoms with van der Waals surface area (Å²) in [5, 5.41) is 10.9. The third-order valence-electron chi connectivity index (χ3n) is 6.33. The molecule has 2 atom stereocenters. The van der Waals surface area contributed by atoms with E-state index in [0.29, 0.717) is 5.75 Å². The highest BCUT2D eigenvalue weighted by Gasteiger charge is 2.54. The van der Waals surface area contributed by atoms with Gasteiger partial charge in [0, 0.05) is 22.5 Å². The molecule has 1 heterocycles. The number of rotatable bonds is 5. The van der Waals surface area contributed by atoms with Gasteiger partial charge in [-0.15, -0.1) is 0 Å². The maximum absolute atomic E-state index is 13.0. The molecule has 0 spiro atoms. The SMILES string of the molecule is Cc1ccc(S(=O)CC2(C3CC(O)=C(c4c(C)cc(C)cc4C)C(=O)O3)CC2)cc1. The van der Waals surface area contributed by atoms with Gasteiger partial charge < -0.3 is 9.84 Å². The Morgan fingerprint density at radius 1 is 1.03 bits per heavy atom. The van der Waals surface area contributed by atoms with Crippen LogP contribution >= 0.6 is 0 Å². The highest BCUT2D eigenvalue weighted by molar-refractivity contribution is 7.85. The van der Waals surface area contributed by atoms with E-state index in [1.165, 1.54) is 0 Å². The van der Waals surface area contributed by atoms with Crippen LogP contribution in [0.1, 0.15) is 47.1 Å². The number of aliphatic hydroxyl groups is 1. The molecule has 0 bridgehead atoms. The first-order chi connectivity index (χ1) is 14.2. The zero-order valence-corrected chi connectivity index (χ0v) is 18.8. The molecule has 2 aromatic carbocycles. The van der Waals surface area contributed by atoms with Gasteiger partial charge in [0.05, 0.1) is 10.8 Å². The fourth-order valence-electron chi connectivity index (χ4n) is 4.54. The summed E-state index contributed by atoms with van der Waals surface area (Å²) >= 11 is 0. The highest BCUT2D eigenvalue weighted by atomic mass is 32.2. The van der Waals surface area contributed by atoms with Crippen LogP contribution in [0.4, 0.5) is 0 Å². The lowest BCUT2D eigenvalue weighted by molar-refractivity contribution is -0.147. The molecule has 0 radical (unpaired) electrons. The molecular weight excluding hydrogens is 396 g/mol. The lowest BCUT2D eigenvalue weighted by Gasteiger charge is -2.31. The van der Waals surface area contributed by atoms with E-state index in [2.05, 4.69) is 0 Å². The number of carbonyl (C=O) groups is 1. The van der Waals surface area contributed by atoms with E-state index in [9.17, 15) is 14.1 Å². The first-order valence-electron chi connectivity index (χ1n) is 10.4. The minimum absolute atomic E-state index is 0.0821. The van der Waals surface area contributed by atoms with Crippen molar-refractivity contribution in [1.29, 1.82) is 0 Å². The summed E-state index contributed by atoms with van der Waals surface area (Å²) in [5.41, 5.74) is 4.86. The second kappa shape index (κ2) is 7.69. The van der Waals surface area contributed by atoms with Crippen LogP contribution in [0.25, 0.3) is 5.57 Å². The third kappa shape index (κ3) is 3.83. The summed E-state index contributed by atoms with van der Waals surface area (Å²) in [7, 11) is -1.17. The number of aliphatic hydroxyl groups excluding tert-OH is 1. The Bertz CT molecular complexity index is 1040. The normalized spacial score (nSPS) is 21.3. The zero-order chi connectivity index (χ0) is 21.6. The van der Waals surface area contributed by atoms with Gasteiger partial charge in [-0.2, -0.15) is 0 Å². The highest BCUT2D eigenvalue weighted by Crippen LogP contribution is 2.54. The van der Waals surface area contributed by atoms with Crippen LogP contribution in [0.15, 0.2) is 47.1 Å². The zero-order valence-electron chi connectivity index (χ0n) is 18.0.